The first-order valence-electron chi connectivity index (χ1n) is 3.92. The quantitative estimate of drug-likeness (QED) is 0.368. The van der Waals surface area contributed by atoms with Crippen LogP contribution in [0.1, 0.15) is 6.42 Å². The molecule has 0 atom stereocenters. The number of rotatable bonds is 3. The third-order valence-corrected chi connectivity index (χ3v) is 1.36. The molecular weight excluding hydrogens is 168 g/mol. The number of nitrogens with zero attached hydrogens (tertiary/aromatic N) is 2. The van der Waals surface area contributed by atoms with Crippen LogP contribution in [0.4, 0.5) is 0 Å². The van der Waals surface area contributed by atoms with Crippen LogP contribution in [0.2, 0.25) is 0 Å². The highest BCUT2D eigenvalue weighted by Gasteiger charge is 2.21. The Labute approximate surface area is 77.2 Å². The van der Waals surface area contributed by atoms with Crippen LogP contribution in [-0.2, 0) is 9.53 Å². The van der Waals surface area contributed by atoms with Gasteiger partial charge in [0.05, 0.1) is 0 Å². The van der Waals surface area contributed by atoms with Crippen LogP contribution in [0, 0.1) is 0 Å². The average Bonchev–Trinajstić information content (AvgIpc) is 2.31. The van der Waals surface area contributed by atoms with Crippen molar-refractivity contribution in [2.24, 2.45) is 4.99 Å². The molecular formula is C9H12N2O2. The van der Waals surface area contributed by atoms with E-state index >= 15 is 0 Å². The van der Waals surface area contributed by atoms with Gasteiger partial charge >= 0.3 is 5.97 Å². The van der Waals surface area contributed by atoms with E-state index in [4.69, 9.17) is 4.74 Å². The molecule has 0 unspecified atom stereocenters. The molecule has 0 bridgehead atoms. The van der Waals surface area contributed by atoms with Crippen molar-refractivity contribution in [3.63, 3.8) is 0 Å². The maximum absolute atomic E-state index is 11.1. The van der Waals surface area contributed by atoms with Crippen LogP contribution in [0.5, 0.6) is 0 Å². The maximum atomic E-state index is 11.1. The second-order valence-corrected chi connectivity index (χ2v) is 2.87. The summed E-state index contributed by atoms with van der Waals surface area (Å²) in [4.78, 5) is 16.9. The van der Waals surface area contributed by atoms with Crippen LogP contribution in [0.3, 0.4) is 0 Å². The van der Waals surface area contributed by atoms with E-state index in [1.807, 2.05) is 14.1 Å². The number of carbonyl (C=O) groups excluding carboxylic acids is 1. The van der Waals surface area contributed by atoms with E-state index in [9.17, 15) is 4.79 Å². The number of aliphatic imine (C=N–C) groups is 1. The molecule has 0 amide bonds. The Morgan fingerprint density at radius 1 is 1.62 bits per heavy atom. The minimum atomic E-state index is -0.398. The molecule has 0 radical (unpaired) electrons. The lowest BCUT2D eigenvalue weighted by atomic mass is 10.4. The zero-order valence-electron chi connectivity index (χ0n) is 7.78. The fraction of sp³-hybridized carbons (Fsp3) is 0.333. The molecule has 0 saturated heterocycles. The van der Waals surface area contributed by atoms with Gasteiger partial charge in [-0.25, -0.2) is 9.79 Å². The number of hydrogen-bond acceptors (Lipinski definition) is 4. The highest BCUT2D eigenvalue weighted by molar-refractivity contribution is 6.04. The van der Waals surface area contributed by atoms with Gasteiger partial charge in [0.2, 0.25) is 5.90 Å². The molecule has 1 rings (SSSR count). The minimum Gasteiger partial charge on any atom is -0.406 e. The van der Waals surface area contributed by atoms with Crippen molar-refractivity contribution in [1.29, 1.82) is 0 Å². The third-order valence-electron chi connectivity index (χ3n) is 1.36. The molecule has 1 heterocycles. The van der Waals surface area contributed by atoms with Gasteiger partial charge in [-0.05, 0) is 0 Å². The summed E-state index contributed by atoms with van der Waals surface area (Å²) in [6.45, 7) is 3.53. The highest BCUT2D eigenvalue weighted by atomic mass is 16.6. The van der Waals surface area contributed by atoms with Gasteiger partial charge in [0.1, 0.15) is 0 Å². The minimum absolute atomic E-state index is 0.335. The van der Waals surface area contributed by atoms with Crippen LogP contribution in [0.25, 0.3) is 0 Å². The van der Waals surface area contributed by atoms with Gasteiger partial charge in [-0.2, -0.15) is 0 Å². The summed E-state index contributed by atoms with van der Waals surface area (Å²) in [6, 6.07) is 0. The SMILES string of the molecule is C=CCC1=N/C(=C/N(C)C)C(=O)O1. The zero-order chi connectivity index (χ0) is 9.84. The van der Waals surface area contributed by atoms with E-state index in [2.05, 4.69) is 11.6 Å². The lowest BCUT2D eigenvalue weighted by Crippen LogP contribution is -2.07. The van der Waals surface area contributed by atoms with Crippen molar-refractivity contribution >= 4 is 11.9 Å². The van der Waals surface area contributed by atoms with Gasteiger partial charge in [0.25, 0.3) is 0 Å². The molecule has 0 saturated carbocycles. The van der Waals surface area contributed by atoms with E-state index < -0.39 is 5.97 Å². The summed E-state index contributed by atoms with van der Waals surface area (Å²) < 4.78 is 4.86. The Morgan fingerprint density at radius 2 is 2.31 bits per heavy atom. The van der Waals surface area contributed by atoms with E-state index in [1.165, 1.54) is 0 Å². The molecule has 0 aromatic carbocycles. The average molecular weight is 180 g/mol. The first-order chi connectivity index (χ1) is 6.13. The first-order valence-corrected chi connectivity index (χ1v) is 3.92. The number of esters is 1. The fourth-order valence-electron chi connectivity index (χ4n) is 0.899. The Bertz CT molecular complexity index is 290. The fourth-order valence-corrected chi connectivity index (χ4v) is 0.899. The standard InChI is InChI=1S/C9H12N2O2/c1-4-5-8-10-7(6-11(2)3)9(12)13-8/h4,6H,1,5H2,2-3H3/b7-6+. The zero-order valence-corrected chi connectivity index (χ0v) is 7.78. The second kappa shape index (κ2) is 3.89. The van der Waals surface area contributed by atoms with E-state index in [0.717, 1.165) is 0 Å². The molecule has 0 N–H and O–H groups in total. The Morgan fingerprint density at radius 3 is 2.85 bits per heavy atom. The molecule has 0 spiro atoms. The molecule has 1 aliphatic heterocycles. The number of ether oxygens (including phenoxy) is 1. The molecule has 4 nitrogen and oxygen atoms in total. The van der Waals surface area contributed by atoms with E-state index in [-0.39, 0.29) is 0 Å². The van der Waals surface area contributed by atoms with Crippen molar-refractivity contribution in [2.45, 2.75) is 6.42 Å². The number of carbonyl (C=O) groups is 1. The molecule has 0 fully saturated rings. The Balaban J connectivity index is 2.77. The summed E-state index contributed by atoms with van der Waals surface area (Å²) in [6.07, 6.45) is 3.75. The summed E-state index contributed by atoms with van der Waals surface area (Å²) >= 11 is 0. The van der Waals surface area contributed by atoms with Gasteiger partial charge in [-0.15, -0.1) is 6.58 Å². The summed E-state index contributed by atoms with van der Waals surface area (Å²) in [5.74, 6) is 0.0126. The first kappa shape index (κ1) is 9.51. The Hall–Kier alpha value is -1.58. The predicted octanol–water partition coefficient (Wildman–Crippen LogP) is 0.921. The van der Waals surface area contributed by atoms with Gasteiger partial charge in [0.15, 0.2) is 5.70 Å². The second-order valence-electron chi connectivity index (χ2n) is 2.87. The van der Waals surface area contributed by atoms with E-state index in [1.54, 1.807) is 17.2 Å². The summed E-state index contributed by atoms with van der Waals surface area (Å²) in [7, 11) is 3.64. The van der Waals surface area contributed by atoms with Crippen LogP contribution in [-0.4, -0.2) is 30.9 Å². The number of hydrogen-bond donors (Lipinski definition) is 0. The molecule has 4 heteroatoms. The molecule has 0 aliphatic carbocycles. The van der Waals surface area contributed by atoms with Crippen molar-refractivity contribution in [3.8, 4) is 0 Å². The van der Waals surface area contributed by atoms with Crippen molar-refractivity contribution in [3.05, 3.63) is 24.6 Å². The topological polar surface area (TPSA) is 41.9 Å². The predicted molar refractivity (Wildman–Crippen MR) is 50.1 cm³/mol. The molecule has 0 aromatic rings. The highest BCUT2D eigenvalue weighted by Crippen LogP contribution is 2.12. The van der Waals surface area contributed by atoms with Gasteiger partial charge in [0, 0.05) is 26.7 Å². The van der Waals surface area contributed by atoms with Crippen LogP contribution >= 0.6 is 0 Å². The molecule has 1 aliphatic rings. The van der Waals surface area contributed by atoms with Crippen molar-refractivity contribution < 1.29 is 9.53 Å². The largest absolute Gasteiger partial charge is 0.406 e. The lowest BCUT2D eigenvalue weighted by Gasteiger charge is -2.02. The molecule has 13 heavy (non-hydrogen) atoms. The Kier molecular flexibility index (Phi) is 2.84. The van der Waals surface area contributed by atoms with Crippen LogP contribution in [0.15, 0.2) is 29.5 Å². The summed E-state index contributed by atoms with van der Waals surface area (Å²) in [5.41, 5.74) is 0.335. The number of cyclic esters (lactones) is 1. The third kappa shape index (κ3) is 2.43. The van der Waals surface area contributed by atoms with Crippen molar-refractivity contribution in [2.75, 3.05) is 14.1 Å². The lowest BCUT2D eigenvalue weighted by molar-refractivity contribution is -0.130. The van der Waals surface area contributed by atoms with Crippen LogP contribution < -0.4 is 0 Å². The smallest absolute Gasteiger partial charge is 0.365 e. The molecule has 0 aromatic heterocycles. The summed E-state index contributed by atoms with van der Waals surface area (Å²) in [5, 5.41) is 0. The van der Waals surface area contributed by atoms with Gasteiger partial charge in [-0.1, -0.05) is 6.08 Å². The maximum Gasteiger partial charge on any atom is 0.365 e. The molecule has 70 valence electrons. The van der Waals surface area contributed by atoms with Gasteiger partial charge < -0.3 is 9.64 Å². The van der Waals surface area contributed by atoms with Gasteiger partial charge in [-0.3, -0.25) is 0 Å². The normalized spacial score (nSPS) is 18.5. The van der Waals surface area contributed by atoms with E-state index in [0.29, 0.717) is 18.0 Å². The monoisotopic (exact) mass is 180 g/mol. The van der Waals surface area contributed by atoms with Crippen molar-refractivity contribution in [1.82, 2.24) is 4.90 Å².